The molecule has 4 rings (SSSR count). The molecule has 38 heavy (non-hydrogen) atoms. The van der Waals surface area contributed by atoms with Gasteiger partial charge in [0, 0.05) is 82.0 Å². The van der Waals surface area contributed by atoms with E-state index in [0.717, 1.165) is 25.9 Å². The van der Waals surface area contributed by atoms with E-state index in [2.05, 4.69) is 51.6 Å². The minimum Gasteiger partial charge on any atom is -0.352 e. The monoisotopic (exact) mass is 533 g/mol. The van der Waals surface area contributed by atoms with Crippen molar-refractivity contribution in [2.45, 2.75) is 118 Å². The Morgan fingerprint density at radius 2 is 1.21 bits per heavy atom. The van der Waals surface area contributed by atoms with Gasteiger partial charge in [-0.3, -0.25) is 19.3 Å². The number of amides is 5. The zero-order valence-electron chi connectivity index (χ0n) is 25.3. The molecular formula is C29H51N5O4. The maximum absolute atomic E-state index is 11.2. The Hall–Kier alpha value is -2.84. The first-order valence-corrected chi connectivity index (χ1v) is 14.0. The molecule has 1 aromatic heterocycles. The highest BCUT2D eigenvalue weighted by Gasteiger charge is 2.31. The first-order valence-electron chi connectivity index (χ1n) is 14.0. The minimum atomic E-state index is -0.0278. The van der Waals surface area contributed by atoms with Crippen molar-refractivity contribution in [3.8, 4) is 0 Å². The van der Waals surface area contributed by atoms with Crippen molar-refractivity contribution in [3.63, 3.8) is 0 Å². The molecule has 3 fully saturated rings. The predicted octanol–water partition coefficient (Wildman–Crippen LogP) is 4.78. The zero-order valence-corrected chi connectivity index (χ0v) is 25.3. The molecule has 0 saturated carbocycles. The molecule has 0 aromatic carbocycles. The van der Waals surface area contributed by atoms with E-state index in [4.69, 9.17) is 0 Å². The lowest BCUT2D eigenvalue weighted by Crippen LogP contribution is -2.36. The molecule has 5 amide bonds. The molecule has 9 nitrogen and oxygen atoms in total. The van der Waals surface area contributed by atoms with Gasteiger partial charge >= 0.3 is 6.03 Å². The van der Waals surface area contributed by atoms with Gasteiger partial charge < -0.3 is 19.3 Å². The second kappa shape index (κ2) is 15.5. The topological polar surface area (TPSA) is 86.2 Å². The van der Waals surface area contributed by atoms with Crippen LogP contribution in [-0.2, 0) is 14.4 Å². The van der Waals surface area contributed by atoms with Crippen molar-refractivity contribution in [3.05, 3.63) is 24.5 Å². The van der Waals surface area contributed by atoms with Crippen LogP contribution in [-0.4, -0.2) is 92.2 Å². The fraction of sp³-hybridized carbons (Fsp3) is 0.724. The van der Waals surface area contributed by atoms with Crippen LogP contribution in [0.2, 0.25) is 0 Å². The first-order chi connectivity index (χ1) is 17.7. The number of hydrogen-bond acceptors (Lipinski definition) is 4. The molecule has 0 bridgehead atoms. The van der Waals surface area contributed by atoms with Crippen LogP contribution >= 0.6 is 0 Å². The van der Waals surface area contributed by atoms with E-state index in [1.165, 1.54) is 4.90 Å². The van der Waals surface area contributed by atoms with Crippen LogP contribution in [0.15, 0.2) is 24.5 Å². The van der Waals surface area contributed by atoms with Gasteiger partial charge in [-0.05, 0) is 80.9 Å². The van der Waals surface area contributed by atoms with Crippen LogP contribution in [0, 0.1) is 0 Å². The SMILES string of the molecule is CC(C)N1C(=O)CCC1=O.CC(C)N1C(=O)CCC1C.CC(C)N1CCN(C)C1=O.CC(C)n1cccc1. The molecule has 9 heteroatoms. The number of imide groups is 1. The molecule has 0 spiro atoms. The van der Waals surface area contributed by atoms with Gasteiger partial charge in [0.05, 0.1) is 0 Å². The smallest absolute Gasteiger partial charge is 0.320 e. The number of aromatic nitrogens is 1. The Morgan fingerprint density at radius 1 is 0.684 bits per heavy atom. The molecule has 1 unspecified atom stereocenters. The number of rotatable bonds is 4. The zero-order chi connectivity index (χ0) is 29.2. The van der Waals surface area contributed by atoms with Crippen LogP contribution in [0.4, 0.5) is 4.79 Å². The summed E-state index contributed by atoms with van der Waals surface area (Å²) in [5.41, 5.74) is 0. The van der Waals surface area contributed by atoms with Gasteiger partial charge in [-0.25, -0.2) is 4.79 Å². The molecule has 1 aromatic rings. The highest BCUT2D eigenvalue weighted by atomic mass is 16.2. The van der Waals surface area contributed by atoms with Crippen molar-refractivity contribution in [2.75, 3.05) is 20.1 Å². The number of likely N-dealkylation sites (tertiary alicyclic amines) is 2. The highest BCUT2D eigenvalue weighted by molar-refractivity contribution is 6.02. The third kappa shape index (κ3) is 9.80. The van der Waals surface area contributed by atoms with E-state index < -0.39 is 0 Å². The highest BCUT2D eigenvalue weighted by Crippen LogP contribution is 2.20. The average molecular weight is 534 g/mol. The van der Waals surface area contributed by atoms with E-state index in [-0.39, 0.29) is 23.9 Å². The summed E-state index contributed by atoms with van der Waals surface area (Å²) in [6.07, 6.45) is 6.74. The quantitative estimate of drug-likeness (QED) is 0.521. The number of hydrogen-bond donors (Lipinski definition) is 0. The van der Waals surface area contributed by atoms with E-state index in [0.29, 0.717) is 42.9 Å². The molecule has 3 aliphatic heterocycles. The normalized spacial score (nSPS) is 19.4. The molecular weight excluding hydrogens is 482 g/mol. The van der Waals surface area contributed by atoms with E-state index in [1.807, 2.05) is 56.7 Å². The average Bonchev–Trinajstić information content (AvgIpc) is 3.60. The third-order valence-electron chi connectivity index (χ3n) is 6.80. The Balaban J connectivity index is 0.000000254. The number of nitrogens with zero attached hydrogens (tertiary/aromatic N) is 5. The number of carbonyl (C=O) groups excluding carboxylic acids is 4. The summed E-state index contributed by atoms with van der Waals surface area (Å²) in [4.78, 5) is 51.1. The van der Waals surface area contributed by atoms with Crippen LogP contribution in [0.5, 0.6) is 0 Å². The fourth-order valence-electron chi connectivity index (χ4n) is 4.65. The van der Waals surface area contributed by atoms with Gasteiger partial charge in [-0.15, -0.1) is 0 Å². The Kier molecular flexibility index (Phi) is 13.6. The maximum atomic E-state index is 11.2. The summed E-state index contributed by atoms with van der Waals surface area (Å²) in [6, 6.07) is 6.07. The summed E-state index contributed by atoms with van der Waals surface area (Å²) in [5, 5.41) is 0. The molecule has 4 heterocycles. The van der Waals surface area contributed by atoms with Crippen LogP contribution < -0.4 is 0 Å². The second-order valence-electron chi connectivity index (χ2n) is 11.2. The van der Waals surface area contributed by atoms with Gasteiger partial charge in [-0.2, -0.15) is 0 Å². The lowest BCUT2D eigenvalue weighted by Gasteiger charge is -2.25. The maximum Gasteiger partial charge on any atom is 0.320 e. The summed E-state index contributed by atoms with van der Waals surface area (Å²) < 4.78 is 2.17. The van der Waals surface area contributed by atoms with Gasteiger partial charge in [-0.1, -0.05) is 0 Å². The van der Waals surface area contributed by atoms with E-state index in [9.17, 15) is 19.2 Å². The third-order valence-corrected chi connectivity index (χ3v) is 6.80. The fourth-order valence-corrected chi connectivity index (χ4v) is 4.65. The Morgan fingerprint density at radius 3 is 1.42 bits per heavy atom. The molecule has 3 aliphatic rings. The van der Waals surface area contributed by atoms with Crippen molar-refractivity contribution >= 4 is 23.8 Å². The summed E-state index contributed by atoms with van der Waals surface area (Å²) in [6.45, 7) is 20.1. The number of urea groups is 1. The van der Waals surface area contributed by atoms with E-state index >= 15 is 0 Å². The van der Waals surface area contributed by atoms with Crippen LogP contribution in [0.3, 0.4) is 0 Å². The number of likely N-dealkylation sites (N-methyl/N-ethyl adjacent to an activating group) is 1. The van der Waals surface area contributed by atoms with Gasteiger partial charge in [0.2, 0.25) is 17.7 Å². The molecule has 216 valence electrons. The van der Waals surface area contributed by atoms with Gasteiger partial charge in [0.1, 0.15) is 0 Å². The van der Waals surface area contributed by atoms with E-state index in [1.54, 1.807) is 4.90 Å². The molecule has 0 N–H and O–H groups in total. The van der Waals surface area contributed by atoms with Gasteiger partial charge in [0.15, 0.2) is 0 Å². The van der Waals surface area contributed by atoms with Crippen molar-refractivity contribution < 1.29 is 19.2 Å². The summed E-state index contributed by atoms with van der Waals surface area (Å²) in [5.74, 6) is 0.266. The van der Waals surface area contributed by atoms with Crippen LogP contribution in [0.25, 0.3) is 0 Å². The second-order valence-corrected chi connectivity index (χ2v) is 11.2. The molecule has 1 atom stereocenters. The summed E-state index contributed by atoms with van der Waals surface area (Å²) >= 11 is 0. The standard InChI is InChI=1S/C8H15NO.C7H14N2O.C7H11NO2.C7H11N/c1-6(2)9-7(3)4-5-8(9)10;1-6(2)9-5-4-8(3)7(9)10;1-5(2)8-6(9)3-4-7(8)10;1-7(2)8-5-3-4-6-8/h6-7H,4-5H2,1-3H3;6H,4-5H2,1-3H3;5H,3-4H2,1-2H3;3-7H,1-2H3. The summed E-state index contributed by atoms with van der Waals surface area (Å²) in [7, 11) is 1.84. The Labute approximate surface area is 230 Å². The lowest BCUT2D eigenvalue weighted by molar-refractivity contribution is -0.140. The van der Waals surface area contributed by atoms with Crippen molar-refractivity contribution in [1.82, 2.24) is 24.2 Å². The molecule has 3 saturated heterocycles. The molecule has 0 aliphatic carbocycles. The van der Waals surface area contributed by atoms with Crippen LogP contribution in [0.1, 0.15) is 94.0 Å². The van der Waals surface area contributed by atoms with Crippen molar-refractivity contribution in [1.29, 1.82) is 0 Å². The Bertz CT molecular complexity index is 879. The van der Waals surface area contributed by atoms with Crippen molar-refractivity contribution in [2.24, 2.45) is 0 Å². The first kappa shape index (κ1) is 33.2. The number of carbonyl (C=O) groups is 4. The molecule has 0 radical (unpaired) electrons. The predicted molar refractivity (Wildman–Crippen MR) is 152 cm³/mol. The minimum absolute atomic E-state index is 0.0278. The lowest BCUT2D eigenvalue weighted by atomic mass is 10.2. The van der Waals surface area contributed by atoms with Gasteiger partial charge in [0.25, 0.3) is 0 Å². The largest absolute Gasteiger partial charge is 0.352 e.